The Morgan fingerprint density at radius 1 is 0.821 bits per heavy atom. The van der Waals surface area contributed by atoms with E-state index in [1.807, 2.05) is 12.1 Å². The number of anilines is 1. The summed E-state index contributed by atoms with van der Waals surface area (Å²) in [5, 5.41) is 1.26. The number of H-pyrrole nitrogens is 1. The zero-order chi connectivity index (χ0) is 19.7. The summed E-state index contributed by atoms with van der Waals surface area (Å²) in [6.45, 7) is 0. The molecule has 4 aromatic rings. The number of halogens is 1. The fraction of sp³-hybridized carbons (Fsp3) is 0. The first-order chi connectivity index (χ1) is 13.5. The molecule has 7 heteroatoms. The largest absolute Gasteiger partial charge is 0.320 e. The van der Waals surface area contributed by atoms with Crippen molar-refractivity contribution in [3.05, 3.63) is 94.2 Å². The standard InChI is InChI=1S/C21H15ClN2O3S/c22-15-12-10-14(11-13-15)19-17-8-4-5-9-18(17)23-21(25)20(19)24-28(26,27)16-6-2-1-3-7-16/h1-13,24H,(H,23,25). The van der Waals surface area contributed by atoms with E-state index in [2.05, 4.69) is 9.71 Å². The van der Waals surface area contributed by atoms with Gasteiger partial charge in [-0.1, -0.05) is 60.1 Å². The van der Waals surface area contributed by atoms with Crippen molar-refractivity contribution in [2.45, 2.75) is 4.90 Å². The van der Waals surface area contributed by atoms with Crippen LogP contribution in [0.5, 0.6) is 0 Å². The lowest BCUT2D eigenvalue weighted by Gasteiger charge is -2.15. The van der Waals surface area contributed by atoms with Crippen molar-refractivity contribution in [1.29, 1.82) is 0 Å². The highest BCUT2D eigenvalue weighted by molar-refractivity contribution is 7.92. The Bertz CT molecular complexity index is 1320. The SMILES string of the molecule is O=c1[nH]c2ccccc2c(-c2ccc(Cl)cc2)c1NS(=O)(=O)c1ccccc1. The van der Waals surface area contributed by atoms with Crippen molar-refractivity contribution in [1.82, 2.24) is 4.98 Å². The van der Waals surface area contributed by atoms with Gasteiger partial charge in [-0.05, 0) is 35.9 Å². The molecule has 0 spiro atoms. The van der Waals surface area contributed by atoms with E-state index >= 15 is 0 Å². The first-order valence-electron chi connectivity index (χ1n) is 8.44. The van der Waals surface area contributed by atoms with Gasteiger partial charge in [0.1, 0.15) is 5.69 Å². The van der Waals surface area contributed by atoms with Crippen LogP contribution in [0.15, 0.2) is 88.6 Å². The van der Waals surface area contributed by atoms with Gasteiger partial charge in [0.05, 0.1) is 4.90 Å². The summed E-state index contributed by atoms with van der Waals surface area (Å²) in [5.74, 6) is 0. The Balaban J connectivity index is 1.98. The summed E-state index contributed by atoms with van der Waals surface area (Å²) < 4.78 is 28.2. The predicted octanol–water partition coefficient (Wildman–Crippen LogP) is 4.65. The van der Waals surface area contributed by atoms with Crippen molar-refractivity contribution in [2.24, 2.45) is 0 Å². The Hall–Kier alpha value is -3.09. The van der Waals surface area contributed by atoms with Crippen molar-refractivity contribution in [3.8, 4) is 11.1 Å². The summed E-state index contributed by atoms with van der Waals surface area (Å²) in [6, 6.07) is 22.0. The van der Waals surface area contributed by atoms with Gasteiger partial charge in [-0.3, -0.25) is 9.52 Å². The van der Waals surface area contributed by atoms with Crippen molar-refractivity contribution in [2.75, 3.05) is 4.72 Å². The number of rotatable bonds is 4. The molecule has 0 amide bonds. The van der Waals surface area contributed by atoms with Crippen LogP contribution in [0.25, 0.3) is 22.0 Å². The van der Waals surface area contributed by atoms with Crippen LogP contribution in [-0.4, -0.2) is 13.4 Å². The normalized spacial score (nSPS) is 11.5. The molecule has 1 heterocycles. The Morgan fingerprint density at radius 2 is 1.46 bits per heavy atom. The number of benzene rings is 3. The number of aromatic nitrogens is 1. The fourth-order valence-electron chi connectivity index (χ4n) is 3.05. The third-order valence-electron chi connectivity index (χ3n) is 4.34. The summed E-state index contributed by atoms with van der Waals surface area (Å²) in [5.41, 5.74) is 1.22. The molecule has 0 saturated heterocycles. The molecule has 140 valence electrons. The van der Waals surface area contributed by atoms with Crippen LogP contribution in [0.2, 0.25) is 5.02 Å². The van der Waals surface area contributed by atoms with Gasteiger partial charge in [0.25, 0.3) is 15.6 Å². The molecular weight excluding hydrogens is 396 g/mol. The lowest BCUT2D eigenvalue weighted by Crippen LogP contribution is -2.21. The van der Waals surface area contributed by atoms with E-state index in [4.69, 9.17) is 11.6 Å². The number of para-hydroxylation sites is 1. The average molecular weight is 411 g/mol. The van der Waals surface area contributed by atoms with Crippen molar-refractivity contribution in [3.63, 3.8) is 0 Å². The highest BCUT2D eigenvalue weighted by Crippen LogP contribution is 2.34. The molecule has 0 bridgehead atoms. The maximum atomic E-state index is 12.8. The van der Waals surface area contributed by atoms with E-state index in [1.165, 1.54) is 12.1 Å². The molecule has 3 aromatic carbocycles. The maximum absolute atomic E-state index is 12.8. The topological polar surface area (TPSA) is 79.0 Å². The molecule has 0 aliphatic rings. The molecule has 0 fully saturated rings. The first kappa shape index (κ1) is 18.3. The predicted molar refractivity (Wildman–Crippen MR) is 112 cm³/mol. The van der Waals surface area contributed by atoms with Crippen LogP contribution < -0.4 is 10.3 Å². The second-order valence-electron chi connectivity index (χ2n) is 6.18. The monoisotopic (exact) mass is 410 g/mol. The molecule has 0 aliphatic carbocycles. The van der Waals surface area contributed by atoms with Crippen LogP contribution in [0.1, 0.15) is 0 Å². The Labute approximate surface area is 166 Å². The highest BCUT2D eigenvalue weighted by Gasteiger charge is 2.21. The number of nitrogens with one attached hydrogen (secondary N) is 2. The molecule has 0 aliphatic heterocycles. The van der Waals surface area contributed by atoms with Gasteiger partial charge in [0, 0.05) is 21.5 Å². The van der Waals surface area contributed by atoms with E-state index in [-0.39, 0.29) is 10.6 Å². The van der Waals surface area contributed by atoms with E-state index in [9.17, 15) is 13.2 Å². The zero-order valence-electron chi connectivity index (χ0n) is 14.5. The summed E-state index contributed by atoms with van der Waals surface area (Å²) in [4.78, 5) is 15.6. The van der Waals surface area contributed by atoms with Crippen LogP contribution in [0.3, 0.4) is 0 Å². The number of aromatic amines is 1. The molecule has 0 atom stereocenters. The number of fused-ring (bicyclic) bond motifs is 1. The van der Waals surface area contributed by atoms with E-state index in [1.54, 1.807) is 54.6 Å². The molecule has 0 saturated carbocycles. The summed E-state index contributed by atoms with van der Waals surface area (Å²) >= 11 is 6.00. The van der Waals surface area contributed by atoms with Crippen molar-refractivity contribution < 1.29 is 8.42 Å². The molecule has 4 rings (SSSR count). The summed E-state index contributed by atoms with van der Waals surface area (Å²) in [7, 11) is -3.94. The number of sulfonamides is 1. The van der Waals surface area contributed by atoms with Gasteiger partial charge >= 0.3 is 0 Å². The van der Waals surface area contributed by atoms with Gasteiger partial charge in [-0.2, -0.15) is 0 Å². The van der Waals surface area contributed by atoms with Gasteiger partial charge < -0.3 is 4.98 Å². The van der Waals surface area contributed by atoms with Crippen LogP contribution >= 0.6 is 11.6 Å². The highest BCUT2D eigenvalue weighted by atomic mass is 35.5. The van der Waals surface area contributed by atoms with Gasteiger partial charge in [-0.15, -0.1) is 0 Å². The average Bonchev–Trinajstić information content (AvgIpc) is 2.70. The number of hydrogen-bond acceptors (Lipinski definition) is 3. The lowest BCUT2D eigenvalue weighted by atomic mass is 10.00. The molecule has 5 nitrogen and oxygen atoms in total. The number of hydrogen-bond donors (Lipinski definition) is 2. The third kappa shape index (κ3) is 3.40. The van der Waals surface area contributed by atoms with E-state index in [0.29, 0.717) is 21.7 Å². The van der Waals surface area contributed by atoms with Gasteiger partial charge in [-0.25, -0.2) is 8.42 Å². The van der Waals surface area contributed by atoms with E-state index < -0.39 is 15.6 Å². The Morgan fingerprint density at radius 3 is 2.18 bits per heavy atom. The smallest absolute Gasteiger partial charge is 0.273 e. The second-order valence-corrected chi connectivity index (χ2v) is 8.29. The minimum Gasteiger partial charge on any atom is -0.320 e. The second kappa shape index (κ2) is 7.14. The first-order valence-corrected chi connectivity index (χ1v) is 10.3. The van der Waals surface area contributed by atoms with Crippen LogP contribution in [0, 0.1) is 0 Å². The minimum absolute atomic E-state index is 0.0372. The van der Waals surface area contributed by atoms with E-state index in [0.717, 1.165) is 5.39 Å². The maximum Gasteiger partial charge on any atom is 0.273 e. The molecular formula is C21H15ClN2O3S. The zero-order valence-corrected chi connectivity index (χ0v) is 16.1. The molecule has 28 heavy (non-hydrogen) atoms. The van der Waals surface area contributed by atoms with Gasteiger partial charge in [0.15, 0.2) is 0 Å². The van der Waals surface area contributed by atoms with Crippen LogP contribution in [0.4, 0.5) is 5.69 Å². The molecule has 0 radical (unpaired) electrons. The number of pyridine rings is 1. The quantitative estimate of drug-likeness (QED) is 0.514. The van der Waals surface area contributed by atoms with Crippen molar-refractivity contribution >= 4 is 38.2 Å². The van der Waals surface area contributed by atoms with Gasteiger partial charge in [0.2, 0.25) is 0 Å². The third-order valence-corrected chi connectivity index (χ3v) is 5.96. The summed E-state index contributed by atoms with van der Waals surface area (Å²) in [6.07, 6.45) is 0. The lowest BCUT2D eigenvalue weighted by molar-refractivity contribution is 0.601. The van der Waals surface area contributed by atoms with Crippen LogP contribution in [-0.2, 0) is 10.0 Å². The minimum atomic E-state index is -3.94. The molecule has 1 aromatic heterocycles. The Kier molecular flexibility index (Phi) is 4.66. The molecule has 0 unspecified atom stereocenters. The molecule has 2 N–H and O–H groups in total. The fourth-order valence-corrected chi connectivity index (χ4v) is 4.27.